The van der Waals surface area contributed by atoms with Crippen molar-refractivity contribution in [1.29, 1.82) is 0 Å². The number of urea groups is 1. The molecule has 28 heavy (non-hydrogen) atoms. The van der Waals surface area contributed by atoms with Crippen LogP contribution < -0.4 is 10.6 Å². The van der Waals surface area contributed by atoms with Gasteiger partial charge in [0.25, 0.3) is 0 Å². The number of aryl methyl sites for hydroxylation is 2. The first-order chi connectivity index (χ1) is 13.4. The number of hydrogen-bond donors (Lipinski definition) is 3. The first-order valence-electron chi connectivity index (χ1n) is 9.42. The van der Waals surface area contributed by atoms with Crippen molar-refractivity contribution in [3.8, 4) is 11.5 Å². The Kier molecular flexibility index (Phi) is 5.99. The van der Waals surface area contributed by atoms with Crippen LogP contribution in [-0.2, 0) is 4.79 Å². The van der Waals surface area contributed by atoms with Gasteiger partial charge in [0.1, 0.15) is 6.26 Å². The van der Waals surface area contributed by atoms with Crippen LogP contribution in [0.3, 0.4) is 0 Å². The van der Waals surface area contributed by atoms with Crippen LogP contribution in [0.4, 0.5) is 10.5 Å². The maximum Gasteiger partial charge on any atom is 0.319 e. The molecular weight excluding hydrogens is 360 g/mol. The van der Waals surface area contributed by atoms with Gasteiger partial charge in [0, 0.05) is 23.3 Å². The van der Waals surface area contributed by atoms with Crippen molar-refractivity contribution >= 4 is 17.7 Å². The molecule has 0 radical (unpaired) electrons. The van der Waals surface area contributed by atoms with E-state index in [1.165, 1.54) is 0 Å². The van der Waals surface area contributed by atoms with Gasteiger partial charge < -0.3 is 20.2 Å². The van der Waals surface area contributed by atoms with E-state index in [-0.39, 0.29) is 24.7 Å². The number of amides is 2. The summed E-state index contributed by atoms with van der Waals surface area (Å²) in [4.78, 5) is 29.5. The normalized spacial score (nSPS) is 18.6. The van der Waals surface area contributed by atoms with Crippen molar-refractivity contribution in [1.82, 2.24) is 15.2 Å². The third kappa shape index (κ3) is 4.69. The van der Waals surface area contributed by atoms with Crippen LogP contribution in [0.2, 0.25) is 0 Å². The molecule has 0 atom stereocenters. The number of carbonyl (C=O) groups excluding carboxylic acids is 1. The minimum absolute atomic E-state index is 0.0342. The van der Waals surface area contributed by atoms with Crippen LogP contribution in [0, 0.1) is 13.8 Å². The molecule has 0 unspecified atom stereocenters. The molecular formula is C20H26N4O4. The lowest BCUT2D eigenvalue weighted by Gasteiger charge is -2.42. The zero-order valence-electron chi connectivity index (χ0n) is 16.4. The molecule has 150 valence electrons. The maximum atomic E-state index is 12.3. The van der Waals surface area contributed by atoms with Gasteiger partial charge in [-0.05, 0) is 50.9 Å². The molecule has 1 saturated carbocycles. The second-order valence-electron chi connectivity index (χ2n) is 7.20. The van der Waals surface area contributed by atoms with E-state index < -0.39 is 5.97 Å². The number of oxazole rings is 1. The Morgan fingerprint density at radius 1 is 1.32 bits per heavy atom. The van der Waals surface area contributed by atoms with E-state index in [1.807, 2.05) is 43.9 Å². The average molecular weight is 386 g/mol. The van der Waals surface area contributed by atoms with Crippen LogP contribution in [0.25, 0.3) is 11.5 Å². The Balaban J connectivity index is 1.54. The second kappa shape index (κ2) is 8.43. The van der Waals surface area contributed by atoms with Crippen LogP contribution in [-0.4, -0.2) is 52.2 Å². The van der Waals surface area contributed by atoms with Gasteiger partial charge in [0.05, 0.1) is 12.2 Å². The van der Waals surface area contributed by atoms with Gasteiger partial charge in [-0.1, -0.05) is 13.0 Å². The van der Waals surface area contributed by atoms with Crippen molar-refractivity contribution in [3.05, 3.63) is 35.7 Å². The van der Waals surface area contributed by atoms with Crippen molar-refractivity contribution < 1.29 is 19.1 Å². The molecule has 3 N–H and O–H groups in total. The number of aromatic nitrogens is 1. The van der Waals surface area contributed by atoms with Crippen LogP contribution >= 0.6 is 0 Å². The van der Waals surface area contributed by atoms with Gasteiger partial charge in [-0.15, -0.1) is 0 Å². The summed E-state index contributed by atoms with van der Waals surface area (Å²) in [6, 6.07) is 5.56. The predicted octanol–water partition coefficient (Wildman–Crippen LogP) is 3.02. The Bertz CT molecular complexity index is 858. The van der Waals surface area contributed by atoms with Crippen molar-refractivity contribution in [3.63, 3.8) is 0 Å². The molecule has 0 bridgehead atoms. The summed E-state index contributed by atoms with van der Waals surface area (Å²) in [6.45, 7) is 6.49. The van der Waals surface area contributed by atoms with Crippen LogP contribution in [0.5, 0.6) is 0 Å². The van der Waals surface area contributed by atoms with Gasteiger partial charge >= 0.3 is 12.0 Å². The molecule has 1 aromatic heterocycles. The Labute approximate surface area is 163 Å². The van der Waals surface area contributed by atoms with E-state index in [0.717, 1.165) is 29.7 Å². The van der Waals surface area contributed by atoms with Gasteiger partial charge in [-0.2, -0.15) is 0 Å². The monoisotopic (exact) mass is 386 g/mol. The Morgan fingerprint density at radius 3 is 2.68 bits per heavy atom. The predicted molar refractivity (Wildman–Crippen MR) is 105 cm³/mol. The number of carboxylic acids is 1. The minimum Gasteiger partial charge on any atom is -0.480 e. The molecule has 1 fully saturated rings. The highest BCUT2D eigenvalue weighted by atomic mass is 16.4. The summed E-state index contributed by atoms with van der Waals surface area (Å²) in [5.41, 5.74) is 3.30. The van der Waals surface area contributed by atoms with Gasteiger partial charge in [0.2, 0.25) is 5.89 Å². The summed E-state index contributed by atoms with van der Waals surface area (Å²) >= 11 is 0. The highest BCUT2D eigenvalue weighted by Gasteiger charge is 2.34. The van der Waals surface area contributed by atoms with E-state index in [1.54, 1.807) is 6.26 Å². The first kappa shape index (κ1) is 19.9. The number of benzene rings is 1. The number of likely N-dealkylation sites (N-methyl/N-ethyl adjacent to an activating group) is 1. The maximum absolute atomic E-state index is 12.3. The molecule has 0 saturated heterocycles. The zero-order chi connectivity index (χ0) is 20.3. The topological polar surface area (TPSA) is 108 Å². The van der Waals surface area contributed by atoms with E-state index in [4.69, 9.17) is 9.52 Å². The van der Waals surface area contributed by atoms with Crippen LogP contribution in [0.15, 0.2) is 28.9 Å². The highest BCUT2D eigenvalue weighted by Crippen LogP contribution is 2.27. The third-order valence-corrected chi connectivity index (χ3v) is 5.05. The molecule has 1 aliphatic carbocycles. The lowest BCUT2D eigenvalue weighted by molar-refractivity contribution is -0.139. The molecule has 2 aromatic rings. The quantitative estimate of drug-likeness (QED) is 0.675. The summed E-state index contributed by atoms with van der Waals surface area (Å²) in [7, 11) is 0. The number of nitrogens with one attached hydrogen (secondary N) is 2. The van der Waals surface area contributed by atoms with E-state index >= 15 is 0 Å². The molecule has 8 heteroatoms. The lowest BCUT2D eigenvalue weighted by atomic mass is 9.85. The van der Waals surface area contributed by atoms with Crippen molar-refractivity contribution in [2.75, 3.05) is 18.4 Å². The molecule has 0 spiro atoms. The second-order valence-corrected chi connectivity index (χ2v) is 7.20. The van der Waals surface area contributed by atoms with Crippen molar-refractivity contribution in [2.24, 2.45) is 0 Å². The molecule has 8 nitrogen and oxygen atoms in total. The third-order valence-electron chi connectivity index (χ3n) is 5.05. The highest BCUT2D eigenvalue weighted by molar-refractivity contribution is 5.90. The van der Waals surface area contributed by atoms with Crippen LogP contribution in [0.1, 0.15) is 31.0 Å². The SMILES string of the molecule is CCN(CC(=O)O)C1CC(NC(=O)Nc2ccc(C)c(-c3nc(C)co3)c2)C1. The van der Waals surface area contributed by atoms with Gasteiger partial charge in [-0.25, -0.2) is 9.78 Å². The standard InChI is InChI=1S/C20H26N4O4/c1-4-24(10-18(25)26)16-7-15(8-16)23-20(27)22-14-6-5-12(2)17(9-14)19-21-13(3)11-28-19/h5-6,9,11,15-16H,4,7-8,10H2,1-3H3,(H,25,26)(H2,22,23,27). The summed E-state index contributed by atoms with van der Waals surface area (Å²) < 4.78 is 5.47. The largest absolute Gasteiger partial charge is 0.480 e. The molecule has 3 rings (SSSR count). The molecule has 2 amide bonds. The molecule has 0 aliphatic heterocycles. The zero-order valence-corrected chi connectivity index (χ0v) is 16.4. The number of carbonyl (C=O) groups is 2. The Morgan fingerprint density at radius 2 is 2.07 bits per heavy atom. The first-order valence-corrected chi connectivity index (χ1v) is 9.42. The number of anilines is 1. The molecule has 1 heterocycles. The summed E-state index contributed by atoms with van der Waals surface area (Å²) in [5.74, 6) is -0.300. The molecule has 1 aliphatic rings. The van der Waals surface area contributed by atoms with Gasteiger partial charge in [0.15, 0.2) is 0 Å². The van der Waals surface area contributed by atoms with Crippen molar-refractivity contribution in [2.45, 2.75) is 45.7 Å². The fourth-order valence-corrected chi connectivity index (χ4v) is 3.44. The van der Waals surface area contributed by atoms with Gasteiger partial charge in [-0.3, -0.25) is 9.69 Å². The fourth-order valence-electron chi connectivity index (χ4n) is 3.44. The van der Waals surface area contributed by atoms with E-state index in [9.17, 15) is 9.59 Å². The number of nitrogens with zero attached hydrogens (tertiary/aromatic N) is 2. The van der Waals surface area contributed by atoms with E-state index in [0.29, 0.717) is 18.1 Å². The summed E-state index contributed by atoms with van der Waals surface area (Å²) in [6.07, 6.45) is 3.10. The number of rotatable bonds is 7. The lowest BCUT2D eigenvalue weighted by Crippen LogP contribution is -2.55. The minimum atomic E-state index is -0.826. The number of aliphatic carboxylic acids is 1. The Hall–Kier alpha value is -2.87. The fraction of sp³-hybridized carbons (Fsp3) is 0.450. The number of hydrogen-bond acceptors (Lipinski definition) is 5. The summed E-state index contributed by atoms with van der Waals surface area (Å²) in [5, 5.41) is 14.7. The smallest absolute Gasteiger partial charge is 0.319 e. The molecule has 1 aromatic carbocycles. The average Bonchev–Trinajstić information content (AvgIpc) is 3.03. The van der Waals surface area contributed by atoms with E-state index in [2.05, 4.69) is 15.6 Å². The number of carboxylic acid groups (broad SMARTS) is 1.